The van der Waals surface area contributed by atoms with Gasteiger partial charge in [-0.05, 0) is 13.0 Å². The minimum absolute atomic E-state index is 0.105. The molecule has 10 heavy (non-hydrogen) atoms. The van der Waals surface area contributed by atoms with E-state index in [1.807, 2.05) is 0 Å². The molecule has 3 heteroatoms. The van der Waals surface area contributed by atoms with E-state index in [9.17, 15) is 0 Å². The van der Waals surface area contributed by atoms with Crippen LogP contribution in [0.2, 0.25) is 0 Å². The molecule has 60 valence electrons. The fraction of sp³-hybridized carbons (Fsp3) is 1.00. The van der Waals surface area contributed by atoms with Crippen LogP contribution in [0, 0.1) is 0 Å². The highest BCUT2D eigenvalue weighted by Gasteiger charge is 2.18. The second-order valence-corrected chi connectivity index (χ2v) is 3.05. The maximum Gasteiger partial charge on any atom is 0.109 e. The molecule has 1 unspecified atom stereocenters. The molecule has 1 heterocycles. The van der Waals surface area contributed by atoms with Crippen LogP contribution in [-0.2, 0) is 4.74 Å². The summed E-state index contributed by atoms with van der Waals surface area (Å²) in [5, 5.41) is 0. The summed E-state index contributed by atoms with van der Waals surface area (Å²) in [4.78, 5) is 2.26. The number of halogens is 1. The first kappa shape index (κ1) is 8.31. The highest BCUT2D eigenvalue weighted by molar-refractivity contribution is 6.20. The Morgan fingerprint density at radius 1 is 1.70 bits per heavy atom. The predicted octanol–water partition coefficient (Wildman–Crippen LogP) is 1.29. The first-order valence-electron chi connectivity index (χ1n) is 3.80. The van der Waals surface area contributed by atoms with Crippen LogP contribution < -0.4 is 0 Å². The summed E-state index contributed by atoms with van der Waals surface area (Å²) in [6.45, 7) is 5.77. The number of alkyl halides is 1. The van der Waals surface area contributed by atoms with Gasteiger partial charge in [0, 0.05) is 6.54 Å². The normalized spacial score (nSPS) is 28.8. The van der Waals surface area contributed by atoms with Crippen molar-refractivity contribution in [3.63, 3.8) is 0 Å². The number of hydrogen-bond donors (Lipinski definition) is 0. The topological polar surface area (TPSA) is 12.5 Å². The van der Waals surface area contributed by atoms with E-state index in [1.165, 1.54) is 6.42 Å². The second kappa shape index (κ2) is 4.16. The third-order valence-corrected chi connectivity index (χ3v) is 2.09. The summed E-state index contributed by atoms with van der Waals surface area (Å²) in [5.74, 6) is 0. The first-order valence-corrected chi connectivity index (χ1v) is 4.24. The lowest BCUT2D eigenvalue weighted by Crippen LogP contribution is -2.42. The minimum atomic E-state index is 0.105. The molecule has 1 saturated heterocycles. The zero-order valence-corrected chi connectivity index (χ0v) is 7.10. The molecule has 0 radical (unpaired) electrons. The van der Waals surface area contributed by atoms with Crippen molar-refractivity contribution in [1.82, 2.24) is 4.90 Å². The SMILES string of the molecule is CCCN1CCOCC1Cl. The van der Waals surface area contributed by atoms with Crippen LogP contribution in [0.25, 0.3) is 0 Å². The van der Waals surface area contributed by atoms with Gasteiger partial charge in [-0.2, -0.15) is 0 Å². The lowest BCUT2D eigenvalue weighted by molar-refractivity contribution is 0.0223. The van der Waals surface area contributed by atoms with E-state index in [0.29, 0.717) is 6.61 Å². The fourth-order valence-corrected chi connectivity index (χ4v) is 1.43. The molecule has 0 aromatic rings. The highest BCUT2D eigenvalue weighted by Crippen LogP contribution is 2.10. The Balaban J connectivity index is 2.25. The van der Waals surface area contributed by atoms with Gasteiger partial charge in [0.05, 0.1) is 13.2 Å². The maximum absolute atomic E-state index is 5.96. The van der Waals surface area contributed by atoms with Crippen LogP contribution in [0.3, 0.4) is 0 Å². The van der Waals surface area contributed by atoms with Crippen LogP contribution in [0.1, 0.15) is 13.3 Å². The molecular formula is C7H14ClNO. The number of rotatable bonds is 2. The van der Waals surface area contributed by atoms with Gasteiger partial charge in [-0.1, -0.05) is 6.92 Å². The van der Waals surface area contributed by atoms with E-state index in [0.717, 1.165) is 19.7 Å². The Labute approximate surface area is 67.1 Å². The second-order valence-electron chi connectivity index (χ2n) is 2.55. The average Bonchev–Trinajstić information content (AvgIpc) is 1.94. The summed E-state index contributed by atoms with van der Waals surface area (Å²) >= 11 is 5.96. The van der Waals surface area contributed by atoms with Crippen LogP contribution in [0.4, 0.5) is 0 Å². The average molecular weight is 164 g/mol. The largest absolute Gasteiger partial charge is 0.377 e. The van der Waals surface area contributed by atoms with Crippen molar-refractivity contribution in [1.29, 1.82) is 0 Å². The van der Waals surface area contributed by atoms with Gasteiger partial charge in [0.2, 0.25) is 0 Å². The van der Waals surface area contributed by atoms with E-state index in [1.54, 1.807) is 0 Å². The standard InChI is InChI=1S/C7H14ClNO/c1-2-3-9-4-5-10-6-7(9)8/h7H,2-6H2,1H3. The van der Waals surface area contributed by atoms with Gasteiger partial charge in [0.1, 0.15) is 5.50 Å². The number of morpholine rings is 1. The summed E-state index contributed by atoms with van der Waals surface area (Å²) in [5.41, 5.74) is 0.105. The van der Waals surface area contributed by atoms with Gasteiger partial charge in [-0.25, -0.2) is 0 Å². The monoisotopic (exact) mass is 163 g/mol. The lowest BCUT2D eigenvalue weighted by atomic mass is 10.3. The zero-order valence-electron chi connectivity index (χ0n) is 6.35. The van der Waals surface area contributed by atoms with Crippen molar-refractivity contribution in [2.24, 2.45) is 0 Å². The molecule has 1 fully saturated rings. The molecule has 1 atom stereocenters. The molecule has 0 aromatic heterocycles. The van der Waals surface area contributed by atoms with Crippen LogP contribution in [0.5, 0.6) is 0 Å². The van der Waals surface area contributed by atoms with E-state index < -0.39 is 0 Å². The van der Waals surface area contributed by atoms with E-state index in [-0.39, 0.29) is 5.50 Å². The predicted molar refractivity (Wildman–Crippen MR) is 42.3 cm³/mol. The Morgan fingerprint density at radius 2 is 2.50 bits per heavy atom. The molecule has 0 aliphatic carbocycles. The Bertz CT molecular complexity index is 97.6. The maximum atomic E-state index is 5.96. The van der Waals surface area contributed by atoms with Crippen molar-refractivity contribution < 1.29 is 4.74 Å². The first-order chi connectivity index (χ1) is 4.84. The molecule has 0 bridgehead atoms. The zero-order chi connectivity index (χ0) is 7.40. The molecule has 1 aliphatic rings. The molecule has 1 aliphatic heterocycles. The Hall–Kier alpha value is 0.210. The van der Waals surface area contributed by atoms with Gasteiger partial charge in [0.15, 0.2) is 0 Å². The molecule has 0 amide bonds. The van der Waals surface area contributed by atoms with Crippen molar-refractivity contribution in [2.75, 3.05) is 26.3 Å². The van der Waals surface area contributed by atoms with Gasteiger partial charge in [-0.15, -0.1) is 11.6 Å². The number of ether oxygens (including phenoxy) is 1. The smallest absolute Gasteiger partial charge is 0.109 e. The van der Waals surface area contributed by atoms with Crippen molar-refractivity contribution in [3.05, 3.63) is 0 Å². The third kappa shape index (κ3) is 2.11. The molecule has 0 aromatic carbocycles. The van der Waals surface area contributed by atoms with Crippen molar-refractivity contribution in [3.8, 4) is 0 Å². The third-order valence-electron chi connectivity index (χ3n) is 1.69. The van der Waals surface area contributed by atoms with Gasteiger partial charge in [-0.3, -0.25) is 4.90 Å². The van der Waals surface area contributed by atoms with Gasteiger partial charge < -0.3 is 4.74 Å². The van der Waals surface area contributed by atoms with E-state index in [4.69, 9.17) is 16.3 Å². The summed E-state index contributed by atoms with van der Waals surface area (Å²) in [6, 6.07) is 0. The number of hydrogen-bond acceptors (Lipinski definition) is 2. The summed E-state index contributed by atoms with van der Waals surface area (Å²) < 4.78 is 5.18. The van der Waals surface area contributed by atoms with Gasteiger partial charge in [0.25, 0.3) is 0 Å². The lowest BCUT2D eigenvalue weighted by Gasteiger charge is -2.30. The van der Waals surface area contributed by atoms with Crippen molar-refractivity contribution in [2.45, 2.75) is 18.8 Å². The summed E-state index contributed by atoms with van der Waals surface area (Å²) in [6.07, 6.45) is 1.17. The molecule has 0 saturated carbocycles. The molecule has 0 N–H and O–H groups in total. The summed E-state index contributed by atoms with van der Waals surface area (Å²) in [7, 11) is 0. The van der Waals surface area contributed by atoms with E-state index >= 15 is 0 Å². The fourth-order valence-electron chi connectivity index (χ4n) is 1.15. The molecular weight excluding hydrogens is 150 g/mol. The van der Waals surface area contributed by atoms with Crippen LogP contribution >= 0.6 is 11.6 Å². The Morgan fingerprint density at radius 3 is 3.10 bits per heavy atom. The van der Waals surface area contributed by atoms with Crippen LogP contribution in [-0.4, -0.2) is 36.7 Å². The molecule has 1 rings (SSSR count). The quantitative estimate of drug-likeness (QED) is 0.450. The Kier molecular flexibility index (Phi) is 3.46. The molecule has 2 nitrogen and oxygen atoms in total. The van der Waals surface area contributed by atoms with E-state index in [2.05, 4.69) is 11.8 Å². The highest BCUT2D eigenvalue weighted by atomic mass is 35.5. The van der Waals surface area contributed by atoms with Gasteiger partial charge >= 0.3 is 0 Å². The number of nitrogens with zero attached hydrogens (tertiary/aromatic N) is 1. The molecule has 0 spiro atoms. The minimum Gasteiger partial charge on any atom is -0.377 e. The van der Waals surface area contributed by atoms with Crippen LogP contribution in [0.15, 0.2) is 0 Å². The van der Waals surface area contributed by atoms with Crippen molar-refractivity contribution >= 4 is 11.6 Å².